The largest absolute Gasteiger partial charge is 0.426 e. The van der Waals surface area contributed by atoms with E-state index in [2.05, 4.69) is 0 Å². The SMILES string of the molecule is CC(=O)Oc1c(C)c(-c2ccccc2)nc2ccccc12. The lowest BCUT2D eigenvalue weighted by atomic mass is 10.0. The van der Waals surface area contributed by atoms with Crippen LogP contribution in [0.15, 0.2) is 54.6 Å². The van der Waals surface area contributed by atoms with Crippen LogP contribution in [0.4, 0.5) is 0 Å². The molecule has 0 saturated carbocycles. The van der Waals surface area contributed by atoms with Crippen molar-refractivity contribution in [3.63, 3.8) is 0 Å². The zero-order valence-electron chi connectivity index (χ0n) is 12.0. The Hall–Kier alpha value is -2.68. The molecule has 21 heavy (non-hydrogen) atoms. The molecule has 0 radical (unpaired) electrons. The van der Waals surface area contributed by atoms with Gasteiger partial charge in [0, 0.05) is 23.4 Å². The molecule has 3 nitrogen and oxygen atoms in total. The van der Waals surface area contributed by atoms with Gasteiger partial charge in [0.2, 0.25) is 0 Å². The molecule has 0 bridgehead atoms. The third-order valence-electron chi connectivity index (χ3n) is 3.37. The number of carbonyl (C=O) groups excluding carboxylic acids is 1. The molecular weight excluding hydrogens is 262 g/mol. The third kappa shape index (κ3) is 2.50. The molecule has 104 valence electrons. The Morgan fingerprint density at radius 3 is 2.38 bits per heavy atom. The minimum Gasteiger partial charge on any atom is -0.426 e. The van der Waals surface area contributed by atoms with E-state index in [1.54, 1.807) is 0 Å². The van der Waals surface area contributed by atoms with Crippen LogP contribution in [0, 0.1) is 6.92 Å². The topological polar surface area (TPSA) is 39.2 Å². The minimum atomic E-state index is -0.325. The number of carbonyl (C=O) groups is 1. The number of fused-ring (bicyclic) bond motifs is 1. The van der Waals surface area contributed by atoms with Crippen LogP contribution in [0.1, 0.15) is 12.5 Å². The van der Waals surface area contributed by atoms with E-state index >= 15 is 0 Å². The number of para-hydroxylation sites is 1. The predicted octanol–water partition coefficient (Wildman–Crippen LogP) is 4.14. The maximum absolute atomic E-state index is 11.4. The van der Waals surface area contributed by atoms with Gasteiger partial charge in [-0.15, -0.1) is 0 Å². The van der Waals surface area contributed by atoms with Gasteiger partial charge >= 0.3 is 5.97 Å². The normalized spacial score (nSPS) is 10.6. The third-order valence-corrected chi connectivity index (χ3v) is 3.37. The predicted molar refractivity (Wildman–Crippen MR) is 83.2 cm³/mol. The highest BCUT2D eigenvalue weighted by Crippen LogP contribution is 2.34. The Labute approximate surface area is 123 Å². The van der Waals surface area contributed by atoms with Crippen molar-refractivity contribution in [2.75, 3.05) is 0 Å². The Balaban J connectivity index is 2.32. The second-order valence-electron chi connectivity index (χ2n) is 4.89. The number of benzene rings is 2. The van der Waals surface area contributed by atoms with E-state index in [4.69, 9.17) is 9.72 Å². The summed E-state index contributed by atoms with van der Waals surface area (Å²) >= 11 is 0. The second-order valence-corrected chi connectivity index (χ2v) is 4.89. The van der Waals surface area contributed by atoms with Crippen LogP contribution in [0.25, 0.3) is 22.2 Å². The molecule has 3 rings (SSSR count). The van der Waals surface area contributed by atoms with Crippen molar-refractivity contribution in [3.8, 4) is 17.0 Å². The standard InChI is InChI=1S/C18H15NO2/c1-12-17(14-8-4-3-5-9-14)19-16-11-7-6-10-15(16)18(12)21-13(2)20/h3-11H,1-2H3. The number of hydrogen-bond acceptors (Lipinski definition) is 3. The van der Waals surface area contributed by atoms with E-state index in [-0.39, 0.29) is 5.97 Å². The highest BCUT2D eigenvalue weighted by atomic mass is 16.5. The maximum Gasteiger partial charge on any atom is 0.308 e. The van der Waals surface area contributed by atoms with Crippen molar-refractivity contribution >= 4 is 16.9 Å². The molecule has 0 unspecified atom stereocenters. The van der Waals surface area contributed by atoms with Gasteiger partial charge in [-0.2, -0.15) is 0 Å². The van der Waals surface area contributed by atoms with Crippen LogP contribution in [-0.4, -0.2) is 11.0 Å². The van der Waals surface area contributed by atoms with Crippen LogP contribution in [-0.2, 0) is 4.79 Å². The Morgan fingerprint density at radius 1 is 1.00 bits per heavy atom. The smallest absolute Gasteiger partial charge is 0.308 e. The van der Waals surface area contributed by atoms with Gasteiger partial charge in [0.05, 0.1) is 11.2 Å². The zero-order chi connectivity index (χ0) is 14.8. The van der Waals surface area contributed by atoms with Crippen molar-refractivity contribution in [2.45, 2.75) is 13.8 Å². The monoisotopic (exact) mass is 277 g/mol. The van der Waals surface area contributed by atoms with E-state index in [9.17, 15) is 4.79 Å². The van der Waals surface area contributed by atoms with E-state index in [1.165, 1.54) is 6.92 Å². The molecule has 0 aliphatic carbocycles. The van der Waals surface area contributed by atoms with Crippen molar-refractivity contribution < 1.29 is 9.53 Å². The summed E-state index contributed by atoms with van der Waals surface area (Å²) in [4.78, 5) is 16.1. The number of esters is 1. The molecule has 0 aliphatic rings. The first-order chi connectivity index (χ1) is 10.2. The number of nitrogens with zero attached hydrogens (tertiary/aromatic N) is 1. The summed E-state index contributed by atoms with van der Waals surface area (Å²) in [5, 5.41) is 0.852. The average Bonchev–Trinajstić information content (AvgIpc) is 2.50. The number of hydrogen-bond donors (Lipinski definition) is 0. The summed E-state index contributed by atoms with van der Waals surface area (Å²) in [5.41, 5.74) is 3.54. The molecule has 1 heterocycles. The van der Waals surface area contributed by atoms with Crippen LogP contribution in [0.2, 0.25) is 0 Å². The molecule has 0 saturated heterocycles. The molecule has 0 spiro atoms. The number of pyridine rings is 1. The molecule has 0 aliphatic heterocycles. The highest BCUT2D eigenvalue weighted by Gasteiger charge is 2.15. The Kier molecular flexibility index (Phi) is 3.40. The fourth-order valence-electron chi connectivity index (χ4n) is 2.43. The van der Waals surface area contributed by atoms with Gasteiger partial charge in [0.1, 0.15) is 5.75 Å². The minimum absolute atomic E-state index is 0.325. The van der Waals surface area contributed by atoms with Crippen molar-refractivity contribution in [1.29, 1.82) is 0 Å². The van der Waals surface area contributed by atoms with Crippen LogP contribution in [0.5, 0.6) is 5.75 Å². The Morgan fingerprint density at radius 2 is 1.67 bits per heavy atom. The van der Waals surface area contributed by atoms with Gasteiger partial charge in [0.25, 0.3) is 0 Å². The molecule has 3 aromatic rings. The highest BCUT2D eigenvalue weighted by molar-refractivity contribution is 5.92. The first kappa shape index (κ1) is 13.3. The maximum atomic E-state index is 11.4. The summed E-state index contributed by atoms with van der Waals surface area (Å²) < 4.78 is 5.44. The average molecular weight is 277 g/mol. The molecule has 2 aromatic carbocycles. The van der Waals surface area contributed by atoms with Crippen LogP contribution < -0.4 is 4.74 Å². The zero-order valence-corrected chi connectivity index (χ0v) is 12.0. The summed E-state index contributed by atoms with van der Waals surface area (Å²) in [7, 11) is 0. The number of ether oxygens (including phenoxy) is 1. The van der Waals surface area contributed by atoms with E-state index < -0.39 is 0 Å². The lowest BCUT2D eigenvalue weighted by Gasteiger charge is -2.13. The first-order valence-corrected chi connectivity index (χ1v) is 6.80. The van der Waals surface area contributed by atoms with Crippen LogP contribution >= 0.6 is 0 Å². The lowest BCUT2D eigenvalue weighted by molar-refractivity contribution is -0.131. The van der Waals surface area contributed by atoms with Crippen molar-refractivity contribution in [1.82, 2.24) is 4.98 Å². The van der Waals surface area contributed by atoms with Gasteiger partial charge in [-0.25, -0.2) is 4.98 Å². The second kappa shape index (κ2) is 5.37. The molecule has 0 fully saturated rings. The summed E-state index contributed by atoms with van der Waals surface area (Å²) in [6.07, 6.45) is 0. The molecule has 0 atom stereocenters. The molecule has 0 amide bonds. The van der Waals surface area contributed by atoms with Gasteiger partial charge in [-0.3, -0.25) is 4.79 Å². The summed E-state index contributed by atoms with van der Waals surface area (Å²) in [6.45, 7) is 3.34. The lowest BCUT2D eigenvalue weighted by Crippen LogP contribution is -2.05. The molecule has 1 aromatic heterocycles. The van der Waals surface area contributed by atoms with Gasteiger partial charge < -0.3 is 4.74 Å². The fourth-order valence-corrected chi connectivity index (χ4v) is 2.43. The van der Waals surface area contributed by atoms with Crippen LogP contribution in [0.3, 0.4) is 0 Å². The van der Waals surface area contributed by atoms with Crippen molar-refractivity contribution in [3.05, 3.63) is 60.2 Å². The number of aromatic nitrogens is 1. The quantitative estimate of drug-likeness (QED) is 0.661. The van der Waals surface area contributed by atoms with E-state index in [1.807, 2.05) is 61.5 Å². The summed E-state index contributed by atoms with van der Waals surface area (Å²) in [5.74, 6) is 0.264. The Bertz CT molecular complexity index is 810. The number of rotatable bonds is 2. The molecule has 3 heteroatoms. The van der Waals surface area contributed by atoms with E-state index in [0.717, 1.165) is 27.7 Å². The molecule has 0 N–H and O–H groups in total. The van der Waals surface area contributed by atoms with E-state index in [0.29, 0.717) is 5.75 Å². The van der Waals surface area contributed by atoms with Gasteiger partial charge in [0.15, 0.2) is 0 Å². The van der Waals surface area contributed by atoms with Crippen molar-refractivity contribution in [2.24, 2.45) is 0 Å². The van der Waals surface area contributed by atoms with Gasteiger partial charge in [-0.05, 0) is 19.1 Å². The fraction of sp³-hybridized carbons (Fsp3) is 0.111. The van der Waals surface area contributed by atoms with Gasteiger partial charge in [-0.1, -0.05) is 42.5 Å². The molecular formula is C18H15NO2. The first-order valence-electron chi connectivity index (χ1n) is 6.80. The summed E-state index contributed by atoms with van der Waals surface area (Å²) in [6, 6.07) is 17.6.